The Morgan fingerprint density at radius 2 is 0.767 bits per heavy atom. The van der Waals surface area contributed by atoms with Crippen LogP contribution in [0.1, 0.15) is 88.9 Å². The Kier molecular flexibility index (Phi) is 15.8. The topological polar surface area (TPSA) is 94.1 Å². The summed E-state index contributed by atoms with van der Waals surface area (Å²) in [6.45, 7) is 11.0. The van der Waals surface area contributed by atoms with Crippen LogP contribution in [0.3, 0.4) is 0 Å². The largest absolute Gasteiger partial charge is 0.491 e. The third kappa shape index (κ3) is 11.5. The summed E-state index contributed by atoms with van der Waals surface area (Å²) in [6, 6.07) is 48.7. The molecule has 3 aliphatic rings. The number of benzene rings is 8. The molecule has 9 heteroatoms. The highest BCUT2D eigenvalue weighted by molar-refractivity contribution is 6.06. The van der Waals surface area contributed by atoms with Gasteiger partial charge < -0.3 is 43.0 Å². The van der Waals surface area contributed by atoms with Gasteiger partial charge in [0, 0.05) is 25.7 Å². The van der Waals surface area contributed by atoms with Gasteiger partial charge in [-0.05, 0) is 129 Å². The highest BCUT2D eigenvalue weighted by Crippen LogP contribution is 2.41. The molecular formula is C64H66O9. The molecule has 11 rings (SSSR count). The van der Waals surface area contributed by atoms with Crippen LogP contribution in [0.25, 0.3) is 21.5 Å². The Labute approximate surface area is 429 Å². The van der Waals surface area contributed by atoms with E-state index in [0.717, 1.165) is 100 Å². The van der Waals surface area contributed by atoms with Crippen molar-refractivity contribution in [3.63, 3.8) is 0 Å². The number of aliphatic hydroxyl groups is 1. The second-order valence-electron chi connectivity index (χ2n) is 19.4. The number of hydrogen-bond donors (Lipinski definition) is 1. The van der Waals surface area contributed by atoms with Gasteiger partial charge in [-0.3, -0.25) is 0 Å². The van der Waals surface area contributed by atoms with Crippen molar-refractivity contribution in [2.45, 2.75) is 78.6 Å². The molecule has 0 aromatic heterocycles. The minimum Gasteiger partial charge on any atom is -0.491 e. The molecule has 1 aliphatic carbocycles. The highest BCUT2D eigenvalue weighted by Gasteiger charge is 2.23. The van der Waals surface area contributed by atoms with Crippen LogP contribution in [0.5, 0.6) is 34.5 Å². The zero-order valence-electron chi connectivity index (χ0n) is 42.5. The molecule has 10 bridgehead atoms. The van der Waals surface area contributed by atoms with E-state index in [-0.39, 0.29) is 18.8 Å². The lowest BCUT2D eigenvalue weighted by molar-refractivity contribution is 0.0695. The fourth-order valence-corrected chi connectivity index (χ4v) is 10.4. The van der Waals surface area contributed by atoms with Crippen molar-refractivity contribution < 1.29 is 43.0 Å². The van der Waals surface area contributed by atoms with Gasteiger partial charge in [0.1, 0.15) is 49.4 Å². The molecule has 8 aromatic carbocycles. The Balaban J connectivity index is 0.987. The molecule has 2 aliphatic heterocycles. The van der Waals surface area contributed by atoms with E-state index in [1.165, 1.54) is 5.56 Å². The molecule has 0 saturated carbocycles. The molecule has 0 saturated heterocycles. The minimum atomic E-state index is -0.0374. The number of aliphatic hydroxyl groups excluding tert-OH is 1. The van der Waals surface area contributed by atoms with Crippen molar-refractivity contribution in [1.29, 1.82) is 0 Å². The molecule has 2 heterocycles. The lowest BCUT2D eigenvalue weighted by Gasteiger charge is -2.24. The molecule has 73 heavy (non-hydrogen) atoms. The molecule has 0 unspecified atom stereocenters. The van der Waals surface area contributed by atoms with E-state index < -0.39 is 0 Å². The predicted molar refractivity (Wildman–Crippen MR) is 289 cm³/mol. The third-order valence-corrected chi connectivity index (χ3v) is 13.6. The Bertz CT molecular complexity index is 3030. The van der Waals surface area contributed by atoms with Gasteiger partial charge in [-0.1, -0.05) is 127 Å². The molecule has 0 atom stereocenters. The van der Waals surface area contributed by atoms with Gasteiger partial charge in [0.25, 0.3) is 0 Å². The third-order valence-electron chi connectivity index (χ3n) is 13.6. The first-order valence-electron chi connectivity index (χ1n) is 25.9. The van der Waals surface area contributed by atoms with E-state index >= 15 is 0 Å². The molecule has 0 spiro atoms. The summed E-state index contributed by atoms with van der Waals surface area (Å²) < 4.78 is 52.5. The van der Waals surface area contributed by atoms with Crippen LogP contribution in [0.15, 0.2) is 140 Å². The van der Waals surface area contributed by atoms with Crippen molar-refractivity contribution in [2.75, 3.05) is 52.9 Å². The van der Waals surface area contributed by atoms with Gasteiger partial charge in [0.2, 0.25) is 0 Å². The normalized spacial score (nSPS) is 14.7. The van der Waals surface area contributed by atoms with Crippen molar-refractivity contribution in [3.05, 3.63) is 201 Å². The summed E-state index contributed by atoms with van der Waals surface area (Å²) in [5.74, 6) is 4.73. The quantitative estimate of drug-likeness (QED) is 0.124. The second kappa shape index (κ2) is 23.2. The SMILES string of the molecule is CC(C)Oc1c2cccc1Cc1cccc3c1OCCOCCOc1cc(Cc4c5ccccc5c(CO)c5ccccc45)ccc1OCCOCCOc1c(cccc1Cc1cccc(c1OC(C)C)C3)C2. The minimum absolute atomic E-state index is 0.0343. The Morgan fingerprint density at radius 1 is 0.397 bits per heavy atom. The van der Waals surface area contributed by atoms with Gasteiger partial charge in [0.15, 0.2) is 11.5 Å². The molecule has 9 nitrogen and oxygen atoms in total. The summed E-state index contributed by atoms with van der Waals surface area (Å²) in [5, 5.41) is 14.9. The van der Waals surface area contributed by atoms with E-state index in [1.807, 2.05) is 18.2 Å². The maximum Gasteiger partial charge on any atom is 0.161 e. The summed E-state index contributed by atoms with van der Waals surface area (Å²) in [6.07, 6.45) is 3.01. The van der Waals surface area contributed by atoms with E-state index in [9.17, 15) is 5.11 Å². The number of para-hydroxylation sites is 4. The van der Waals surface area contributed by atoms with Crippen LogP contribution in [-0.2, 0) is 48.2 Å². The van der Waals surface area contributed by atoms with Gasteiger partial charge >= 0.3 is 0 Å². The average Bonchev–Trinajstić information content (AvgIpc) is 3.38. The average molecular weight is 979 g/mol. The van der Waals surface area contributed by atoms with Crippen molar-refractivity contribution in [3.8, 4) is 34.5 Å². The first-order chi connectivity index (χ1) is 35.8. The summed E-state index contributed by atoms with van der Waals surface area (Å²) in [7, 11) is 0. The zero-order chi connectivity index (χ0) is 50.1. The first kappa shape index (κ1) is 49.5. The van der Waals surface area contributed by atoms with Gasteiger partial charge in [-0.25, -0.2) is 0 Å². The molecular weight excluding hydrogens is 913 g/mol. The summed E-state index contributed by atoms with van der Waals surface area (Å²) in [4.78, 5) is 0. The molecule has 0 radical (unpaired) electrons. The van der Waals surface area contributed by atoms with Gasteiger partial charge in [-0.2, -0.15) is 0 Å². The van der Waals surface area contributed by atoms with Crippen LogP contribution in [0.2, 0.25) is 0 Å². The van der Waals surface area contributed by atoms with Crippen LogP contribution in [-0.4, -0.2) is 70.2 Å². The van der Waals surface area contributed by atoms with Crippen LogP contribution < -0.4 is 28.4 Å². The molecule has 0 fully saturated rings. The number of rotatable bonds is 7. The Hall–Kier alpha value is -7.04. The fraction of sp³-hybridized carbons (Fsp3) is 0.312. The van der Waals surface area contributed by atoms with Crippen molar-refractivity contribution in [2.24, 2.45) is 0 Å². The lowest BCUT2D eigenvalue weighted by Crippen LogP contribution is -2.15. The summed E-state index contributed by atoms with van der Waals surface area (Å²) in [5.41, 5.74) is 11.8. The number of ether oxygens (including phenoxy) is 8. The van der Waals surface area contributed by atoms with Crippen LogP contribution in [0, 0.1) is 0 Å². The lowest BCUT2D eigenvalue weighted by atomic mass is 9.89. The maximum atomic E-state index is 10.5. The second-order valence-corrected chi connectivity index (χ2v) is 19.4. The number of hydrogen-bond acceptors (Lipinski definition) is 9. The zero-order valence-corrected chi connectivity index (χ0v) is 42.5. The van der Waals surface area contributed by atoms with E-state index in [0.29, 0.717) is 96.5 Å². The maximum absolute atomic E-state index is 10.5. The van der Waals surface area contributed by atoms with Gasteiger partial charge in [-0.15, -0.1) is 0 Å². The van der Waals surface area contributed by atoms with E-state index in [2.05, 4.69) is 149 Å². The molecule has 1 N–H and O–H groups in total. The van der Waals surface area contributed by atoms with Gasteiger partial charge in [0.05, 0.1) is 45.2 Å². The number of fused-ring (bicyclic) bond motifs is 14. The smallest absolute Gasteiger partial charge is 0.161 e. The predicted octanol–water partition coefficient (Wildman–Crippen LogP) is 12.6. The van der Waals surface area contributed by atoms with Crippen LogP contribution >= 0.6 is 0 Å². The molecule has 0 amide bonds. The Morgan fingerprint density at radius 3 is 1.16 bits per heavy atom. The molecule has 376 valence electrons. The fourth-order valence-electron chi connectivity index (χ4n) is 10.4. The van der Waals surface area contributed by atoms with E-state index in [1.54, 1.807) is 0 Å². The summed E-state index contributed by atoms with van der Waals surface area (Å²) >= 11 is 0. The molecule has 8 aromatic rings. The first-order valence-corrected chi connectivity index (χ1v) is 25.9. The van der Waals surface area contributed by atoms with Crippen molar-refractivity contribution >= 4 is 21.5 Å². The van der Waals surface area contributed by atoms with Crippen molar-refractivity contribution in [1.82, 2.24) is 0 Å². The monoisotopic (exact) mass is 978 g/mol. The van der Waals surface area contributed by atoms with Crippen LogP contribution in [0.4, 0.5) is 0 Å². The highest BCUT2D eigenvalue weighted by atomic mass is 16.6. The standard InChI is InChI=1S/C64H66O9/c1-42(2)72-63-49-17-11-19-51(63)39-47-15-10-16-48-40-52-20-12-18-50(64(52)73-43(3)4)38-46-14-9-13-45(37-49)61(46)70-33-29-66-27-31-68-59-26-25-44(36-60(59)69-32-28-67-30-34-71-62(47)48)35-57-53-21-5-7-23-55(53)58(41-65)56-24-8-6-22-54(56)57/h5-26,36,42-43,65H,27-35,37-41H2,1-4H3. The van der Waals surface area contributed by atoms with E-state index in [4.69, 9.17) is 37.9 Å².